The number of fused-ring (bicyclic) bond motifs is 2. The fourth-order valence-electron chi connectivity index (χ4n) is 4.55. The Balaban J connectivity index is 1.57. The Labute approximate surface area is 209 Å². The van der Waals surface area contributed by atoms with Gasteiger partial charge in [0.1, 0.15) is 17.5 Å². The van der Waals surface area contributed by atoms with Gasteiger partial charge in [-0.15, -0.1) is 0 Å². The topological polar surface area (TPSA) is 81.7 Å². The van der Waals surface area contributed by atoms with Crippen LogP contribution in [0.1, 0.15) is 33.1 Å². The number of alkyl halides is 3. The Hall–Kier alpha value is -3.77. The van der Waals surface area contributed by atoms with Crippen molar-refractivity contribution in [1.82, 2.24) is 5.32 Å². The minimum atomic E-state index is -5.26. The van der Waals surface area contributed by atoms with Gasteiger partial charge < -0.3 is 15.7 Å². The van der Waals surface area contributed by atoms with Gasteiger partial charge in [0.2, 0.25) is 5.60 Å². The van der Waals surface area contributed by atoms with Crippen molar-refractivity contribution in [2.75, 3.05) is 16.8 Å². The maximum absolute atomic E-state index is 14.4. The molecule has 3 amide bonds. The summed E-state index contributed by atoms with van der Waals surface area (Å²) in [7, 11) is 0. The average molecular weight is 542 g/mol. The van der Waals surface area contributed by atoms with Crippen LogP contribution in [0.4, 0.5) is 42.5 Å². The second kappa shape index (κ2) is 8.38. The lowest BCUT2D eigenvalue weighted by molar-refractivity contribution is -0.258. The van der Waals surface area contributed by atoms with Crippen molar-refractivity contribution in [2.45, 2.75) is 17.8 Å². The van der Waals surface area contributed by atoms with Crippen LogP contribution >= 0.6 is 11.6 Å². The van der Waals surface area contributed by atoms with E-state index in [1.807, 2.05) is 0 Å². The van der Waals surface area contributed by atoms with Crippen LogP contribution in [0.2, 0.25) is 5.02 Å². The fraction of sp³-hybridized carbons (Fsp3) is 0.167. The van der Waals surface area contributed by atoms with Crippen molar-refractivity contribution in [2.24, 2.45) is 0 Å². The average Bonchev–Trinajstić information content (AvgIpc) is 3.30. The van der Waals surface area contributed by atoms with Crippen molar-refractivity contribution < 1.29 is 41.0 Å². The molecule has 0 saturated carbocycles. The molecule has 0 bridgehead atoms. The van der Waals surface area contributed by atoms with Crippen LogP contribution in [0.15, 0.2) is 48.5 Å². The van der Waals surface area contributed by atoms with Gasteiger partial charge in [-0.3, -0.25) is 9.69 Å². The molecule has 13 heteroatoms. The lowest BCUT2D eigenvalue weighted by atomic mass is 9.95. The number of anilines is 2. The van der Waals surface area contributed by atoms with Crippen LogP contribution in [-0.4, -0.2) is 29.8 Å². The first-order valence-corrected chi connectivity index (χ1v) is 10.9. The van der Waals surface area contributed by atoms with E-state index in [4.69, 9.17) is 11.6 Å². The van der Waals surface area contributed by atoms with Crippen molar-refractivity contribution in [3.05, 3.63) is 93.3 Å². The van der Waals surface area contributed by atoms with E-state index >= 15 is 0 Å². The Bertz CT molecular complexity index is 1480. The summed E-state index contributed by atoms with van der Waals surface area (Å²) in [6.07, 6.45) is -5.26. The predicted octanol–water partition coefficient (Wildman–Crippen LogP) is 5.39. The highest BCUT2D eigenvalue weighted by molar-refractivity contribution is 6.31. The Morgan fingerprint density at radius 2 is 1.73 bits per heavy atom. The van der Waals surface area contributed by atoms with E-state index in [1.54, 1.807) is 0 Å². The molecule has 0 aromatic heterocycles. The zero-order valence-electron chi connectivity index (χ0n) is 18.3. The van der Waals surface area contributed by atoms with E-state index in [0.717, 1.165) is 36.4 Å². The lowest BCUT2D eigenvalue weighted by Gasteiger charge is -2.27. The molecule has 0 spiro atoms. The normalized spacial score (nSPS) is 20.5. The van der Waals surface area contributed by atoms with E-state index in [0.29, 0.717) is 11.0 Å². The molecule has 2 aliphatic heterocycles. The van der Waals surface area contributed by atoms with Crippen LogP contribution in [0.25, 0.3) is 0 Å². The summed E-state index contributed by atoms with van der Waals surface area (Å²) in [5, 5.41) is 15.2. The van der Waals surface area contributed by atoms with Crippen LogP contribution in [0.5, 0.6) is 0 Å². The number of halogens is 7. The van der Waals surface area contributed by atoms with Gasteiger partial charge in [0.25, 0.3) is 5.91 Å². The maximum atomic E-state index is 14.4. The Morgan fingerprint density at radius 1 is 1.05 bits per heavy atom. The number of carbonyl (C=O) groups is 2. The monoisotopic (exact) mass is 541 g/mol. The summed E-state index contributed by atoms with van der Waals surface area (Å²) >= 11 is 6.17. The first-order chi connectivity index (χ1) is 17.3. The highest BCUT2D eigenvalue weighted by Crippen LogP contribution is 2.49. The fourth-order valence-corrected chi connectivity index (χ4v) is 4.78. The van der Waals surface area contributed by atoms with Crippen molar-refractivity contribution >= 4 is 34.9 Å². The summed E-state index contributed by atoms with van der Waals surface area (Å²) < 4.78 is 83.3. The zero-order chi connectivity index (χ0) is 26.9. The van der Waals surface area contributed by atoms with Gasteiger partial charge >= 0.3 is 12.2 Å². The quantitative estimate of drug-likeness (QED) is 0.381. The number of rotatable bonds is 2. The summed E-state index contributed by atoms with van der Waals surface area (Å²) in [4.78, 5) is 26.2. The van der Waals surface area contributed by atoms with Crippen molar-refractivity contribution in [3.8, 4) is 0 Å². The highest BCUT2D eigenvalue weighted by Gasteiger charge is 2.61. The molecule has 0 aliphatic carbocycles. The Kier molecular flexibility index (Phi) is 5.64. The number of nitrogens with one attached hydrogen (secondary N) is 2. The minimum absolute atomic E-state index is 0.00291. The summed E-state index contributed by atoms with van der Waals surface area (Å²) in [5.74, 6) is -3.47. The molecule has 0 unspecified atom stereocenters. The number of amides is 3. The first kappa shape index (κ1) is 24.9. The van der Waals surface area contributed by atoms with E-state index in [9.17, 15) is 41.0 Å². The predicted molar refractivity (Wildman–Crippen MR) is 120 cm³/mol. The van der Waals surface area contributed by atoms with Crippen LogP contribution in [0, 0.1) is 17.5 Å². The molecule has 3 aromatic rings. The van der Waals surface area contributed by atoms with Gasteiger partial charge in [0.15, 0.2) is 0 Å². The van der Waals surface area contributed by atoms with Crippen LogP contribution in [0.3, 0.4) is 0 Å². The Morgan fingerprint density at radius 3 is 2.43 bits per heavy atom. The number of β-amino-alcohol motifs (C(OH)–C–C–N with tert-alkyl or cyclic N) is 1. The number of aliphatic hydroxyl groups is 1. The number of carbonyl (C=O) groups excluding carboxylic acids is 2. The molecule has 0 fully saturated rings. The molecule has 2 aliphatic rings. The van der Waals surface area contributed by atoms with E-state index in [1.165, 1.54) is 6.07 Å². The first-order valence-electron chi connectivity index (χ1n) is 10.6. The van der Waals surface area contributed by atoms with Gasteiger partial charge in [-0.1, -0.05) is 11.6 Å². The van der Waals surface area contributed by atoms with E-state index < -0.39 is 65.0 Å². The molecule has 2 atom stereocenters. The summed E-state index contributed by atoms with van der Waals surface area (Å²) in [6, 6.07) is 4.86. The standard InChI is InChI=1S/C24H14ClF6N3O3/c25-16-3-1-10(26)5-13(16)20-19-14(21(35)33-20)6-12(28)8-17(19)32-22(36)34-9-23(37,24(29,30)31)15-7-11(27)2-4-18(15)34/h1-8,20,37H,9H2,(H,32,36)(H,33,35)/t20-,23+/m1/s1. The second-order valence-corrected chi connectivity index (χ2v) is 8.93. The number of benzene rings is 3. The molecular weight excluding hydrogens is 528 g/mol. The molecule has 3 N–H and O–H groups in total. The molecule has 5 rings (SSSR count). The van der Waals surface area contributed by atoms with Gasteiger partial charge in [0, 0.05) is 27.3 Å². The summed E-state index contributed by atoms with van der Waals surface area (Å²) in [5.41, 5.74) is -5.31. The molecule has 0 radical (unpaired) electrons. The van der Waals surface area contributed by atoms with E-state index in [-0.39, 0.29) is 27.4 Å². The minimum Gasteiger partial charge on any atom is -0.375 e. The van der Waals surface area contributed by atoms with Crippen molar-refractivity contribution in [1.29, 1.82) is 0 Å². The number of hydrogen-bond donors (Lipinski definition) is 3. The zero-order valence-corrected chi connectivity index (χ0v) is 19.0. The van der Waals surface area contributed by atoms with E-state index in [2.05, 4.69) is 10.6 Å². The van der Waals surface area contributed by atoms with Crippen LogP contribution in [-0.2, 0) is 5.60 Å². The van der Waals surface area contributed by atoms with Gasteiger partial charge in [0.05, 0.1) is 24.0 Å². The second-order valence-electron chi connectivity index (χ2n) is 8.52. The number of hydrogen-bond acceptors (Lipinski definition) is 3. The van der Waals surface area contributed by atoms with Gasteiger partial charge in [-0.05, 0) is 48.5 Å². The third kappa shape index (κ3) is 3.96. The molecular formula is C24H14ClF6N3O3. The van der Waals surface area contributed by atoms with Crippen LogP contribution < -0.4 is 15.5 Å². The third-order valence-electron chi connectivity index (χ3n) is 6.26. The molecule has 37 heavy (non-hydrogen) atoms. The largest absolute Gasteiger partial charge is 0.423 e. The summed E-state index contributed by atoms with van der Waals surface area (Å²) in [6.45, 7) is -1.31. The van der Waals surface area contributed by atoms with Gasteiger partial charge in [-0.25, -0.2) is 18.0 Å². The third-order valence-corrected chi connectivity index (χ3v) is 6.60. The molecule has 192 valence electrons. The molecule has 6 nitrogen and oxygen atoms in total. The molecule has 3 aromatic carbocycles. The number of nitrogens with zero attached hydrogens (tertiary/aromatic N) is 1. The maximum Gasteiger partial charge on any atom is 0.423 e. The number of urea groups is 1. The molecule has 2 heterocycles. The van der Waals surface area contributed by atoms with Crippen molar-refractivity contribution in [3.63, 3.8) is 0 Å². The highest BCUT2D eigenvalue weighted by atomic mass is 35.5. The molecule has 0 saturated heterocycles. The smallest absolute Gasteiger partial charge is 0.375 e. The SMILES string of the molecule is O=C1N[C@H](c2cc(F)ccc2Cl)c2c(NC(=O)N3C[C@@](O)(C(F)(F)F)c4cc(F)ccc43)cc(F)cc21. The van der Waals surface area contributed by atoms with Gasteiger partial charge in [-0.2, -0.15) is 13.2 Å². The lowest BCUT2D eigenvalue weighted by Crippen LogP contribution is -2.48.